The molecular formula is C17H22FNO2. The van der Waals surface area contributed by atoms with Crippen molar-refractivity contribution in [1.82, 2.24) is 4.90 Å². The number of hydrogen-bond acceptors (Lipinski definition) is 3. The molecule has 1 aromatic rings. The van der Waals surface area contributed by atoms with E-state index in [1.165, 1.54) is 6.07 Å². The van der Waals surface area contributed by atoms with Gasteiger partial charge in [-0.1, -0.05) is 17.9 Å². The molecule has 2 rings (SSSR count). The molecular weight excluding hydrogens is 269 g/mol. The fourth-order valence-electron chi connectivity index (χ4n) is 2.44. The summed E-state index contributed by atoms with van der Waals surface area (Å²) >= 11 is 0. The smallest absolute Gasteiger partial charge is 0.128 e. The second-order valence-corrected chi connectivity index (χ2v) is 5.35. The molecule has 0 amide bonds. The van der Waals surface area contributed by atoms with Crippen LogP contribution in [0.2, 0.25) is 0 Å². The van der Waals surface area contributed by atoms with Crippen molar-refractivity contribution in [2.45, 2.75) is 32.4 Å². The molecule has 1 saturated heterocycles. The number of rotatable bonds is 3. The van der Waals surface area contributed by atoms with Gasteiger partial charge >= 0.3 is 0 Å². The zero-order valence-corrected chi connectivity index (χ0v) is 12.4. The lowest BCUT2D eigenvalue weighted by molar-refractivity contribution is 0.0666. The highest BCUT2D eigenvalue weighted by molar-refractivity contribution is 5.37. The number of benzene rings is 1. The SMILES string of the molecule is CC1CN(Cc2ccc(C#CCCO)cc2F)CCCO1. The van der Waals surface area contributed by atoms with Crippen LogP contribution in [-0.2, 0) is 11.3 Å². The van der Waals surface area contributed by atoms with E-state index >= 15 is 0 Å². The van der Waals surface area contributed by atoms with Gasteiger partial charge in [0, 0.05) is 43.8 Å². The van der Waals surface area contributed by atoms with Crippen LogP contribution in [0.5, 0.6) is 0 Å². The number of aliphatic hydroxyl groups is 1. The number of hydrogen-bond donors (Lipinski definition) is 1. The first-order valence-electron chi connectivity index (χ1n) is 7.41. The Morgan fingerprint density at radius 1 is 1.48 bits per heavy atom. The van der Waals surface area contributed by atoms with Gasteiger partial charge in [0.15, 0.2) is 0 Å². The van der Waals surface area contributed by atoms with Crippen LogP contribution in [0.1, 0.15) is 30.9 Å². The van der Waals surface area contributed by atoms with E-state index < -0.39 is 0 Å². The molecule has 1 heterocycles. The highest BCUT2D eigenvalue weighted by Crippen LogP contribution is 2.15. The Morgan fingerprint density at radius 3 is 3.10 bits per heavy atom. The maximum Gasteiger partial charge on any atom is 0.128 e. The van der Waals surface area contributed by atoms with E-state index in [1.807, 2.05) is 6.07 Å². The third-order valence-corrected chi connectivity index (χ3v) is 3.45. The second-order valence-electron chi connectivity index (χ2n) is 5.35. The molecule has 21 heavy (non-hydrogen) atoms. The summed E-state index contributed by atoms with van der Waals surface area (Å²) in [5.74, 6) is 5.43. The minimum Gasteiger partial charge on any atom is -0.395 e. The summed E-state index contributed by atoms with van der Waals surface area (Å²) in [5.41, 5.74) is 1.34. The summed E-state index contributed by atoms with van der Waals surface area (Å²) in [6.07, 6.45) is 1.59. The Bertz CT molecular complexity index is 521. The first-order chi connectivity index (χ1) is 10.2. The molecule has 0 aliphatic carbocycles. The monoisotopic (exact) mass is 291 g/mol. The summed E-state index contributed by atoms with van der Waals surface area (Å²) in [7, 11) is 0. The molecule has 114 valence electrons. The fourth-order valence-corrected chi connectivity index (χ4v) is 2.44. The predicted molar refractivity (Wildman–Crippen MR) is 80.3 cm³/mol. The third kappa shape index (κ3) is 5.13. The molecule has 1 aliphatic heterocycles. The Balaban J connectivity index is 2.02. The Morgan fingerprint density at radius 2 is 2.33 bits per heavy atom. The van der Waals surface area contributed by atoms with Crippen molar-refractivity contribution in [3.05, 3.63) is 35.1 Å². The van der Waals surface area contributed by atoms with Crippen LogP contribution in [0.25, 0.3) is 0 Å². The first-order valence-corrected chi connectivity index (χ1v) is 7.41. The molecule has 1 atom stereocenters. The summed E-state index contributed by atoms with van der Waals surface area (Å²) < 4.78 is 19.7. The Hall–Kier alpha value is -1.41. The maximum absolute atomic E-state index is 14.1. The first kappa shape index (κ1) is 16.0. The van der Waals surface area contributed by atoms with Crippen molar-refractivity contribution in [2.24, 2.45) is 0 Å². The van der Waals surface area contributed by atoms with E-state index in [1.54, 1.807) is 6.07 Å². The molecule has 0 aromatic heterocycles. The number of nitrogens with zero attached hydrogens (tertiary/aromatic N) is 1. The van der Waals surface area contributed by atoms with Crippen molar-refractivity contribution in [3.63, 3.8) is 0 Å². The van der Waals surface area contributed by atoms with Gasteiger partial charge < -0.3 is 9.84 Å². The van der Waals surface area contributed by atoms with Crippen molar-refractivity contribution in [3.8, 4) is 11.8 Å². The summed E-state index contributed by atoms with van der Waals surface area (Å²) in [5, 5.41) is 8.68. The van der Waals surface area contributed by atoms with Crippen LogP contribution in [0.15, 0.2) is 18.2 Å². The van der Waals surface area contributed by atoms with E-state index in [-0.39, 0.29) is 18.5 Å². The molecule has 1 fully saturated rings. The van der Waals surface area contributed by atoms with Gasteiger partial charge in [-0.25, -0.2) is 4.39 Å². The average Bonchev–Trinajstić information content (AvgIpc) is 2.66. The van der Waals surface area contributed by atoms with E-state index in [9.17, 15) is 4.39 Å². The lowest BCUT2D eigenvalue weighted by Gasteiger charge is -2.22. The molecule has 0 bridgehead atoms. The maximum atomic E-state index is 14.1. The zero-order valence-electron chi connectivity index (χ0n) is 12.4. The fraction of sp³-hybridized carbons (Fsp3) is 0.529. The van der Waals surface area contributed by atoms with Crippen LogP contribution >= 0.6 is 0 Å². The van der Waals surface area contributed by atoms with Crippen LogP contribution < -0.4 is 0 Å². The summed E-state index contributed by atoms with van der Waals surface area (Å²) in [6.45, 7) is 5.22. The molecule has 1 N–H and O–H groups in total. The van der Waals surface area contributed by atoms with E-state index in [0.29, 0.717) is 24.1 Å². The van der Waals surface area contributed by atoms with E-state index in [2.05, 4.69) is 23.7 Å². The zero-order chi connectivity index (χ0) is 15.1. The van der Waals surface area contributed by atoms with Crippen LogP contribution in [0.3, 0.4) is 0 Å². The lowest BCUT2D eigenvalue weighted by atomic mass is 10.1. The quantitative estimate of drug-likeness (QED) is 0.866. The standard InChI is InChI=1S/C17H22FNO2/c1-14-12-19(8-4-10-21-14)13-16-7-6-15(11-17(16)18)5-2-3-9-20/h6-7,11,14,20H,3-4,8-10,12-13H2,1H3. The van der Waals surface area contributed by atoms with Crippen molar-refractivity contribution in [2.75, 3.05) is 26.3 Å². The number of aliphatic hydroxyl groups excluding tert-OH is 1. The van der Waals surface area contributed by atoms with Crippen LogP contribution in [0.4, 0.5) is 4.39 Å². The highest BCUT2D eigenvalue weighted by Gasteiger charge is 2.16. The Kier molecular flexibility index (Phi) is 6.19. The van der Waals surface area contributed by atoms with Gasteiger partial charge in [-0.05, 0) is 25.5 Å². The topological polar surface area (TPSA) is 32.7 Å². The van der Waals surface area contributed by atoms with Gasteiger partial charge in [-0.15, -0.1) is 0 Å². The van der Waals surface area contributed by atoms with Gasteiger partial charge in [0.25, 0.3) is 0 Å². The average molecular weight is 291 g/mol. The Labute approximate surface area is 125 Å². The molecule has 0 spiro atoms. The lowest BCUT2D eigenvalue weighted by Crippen LogP contribution is -2.30. The van der Waals surface area contributed by atoms with Crippen molar-refractivity contribution in [1.29, 1.82) is 0 Å². The number of halogens is 1. The van der Waals surface area contributed by atoms with Crippen molar-refractivity contribution < 1.29 is 14.2 Å². The molecule has 3 nitrogen and oxygen atoms in total. The minimum atomic E-state index is -0.219. The molecule has 1 aliphatic rings. The van der Waals surface area contributed by atoms with Crippen LogP contribution in [-0.4, -0.2) is 42.4 Å². The summed E-state index contributed by atoms with van der Waals surface area (Å²) in [6, 6.07) is 5.10. The predicted octanol–water partition coefficient (Wildman–Crippen LogP) is 2.17. The number of ether oxygens (including phenoxy) is 1. The van der Waals surface area contributed by atoms with Crippen LogP contribution in [0, 0.1) is 17.7 Å². The molecule has 4 heteroatoms. The largest absolute Gasteiger partial charge is 0.395 e. The molecule has 1 aromatic carbocycles. The highest BCUT2D eigenvalue weighted by atomic mass is 19.1. The summed E-state index contributed by atoms with van der Waals surface area (Å²) in [4.78, 5) is 2.23. The van der Waals surface area contributed by atoms with Gasteiger partial charge in [0.1, 0.15) is 5.82 Å². The van der Waals surface area contributed by atoms with Gasteiger partial charge in [0.05, 0.1) is 12.7 Å². The minimum absolute atomic E-state index is 0.0305. The van der Waals surface area contributed by atoms with Gasteiger partial charge in [0.2, 0.25) is 0 Å². The van der Waals surface area contributed by atoms with E-state index in [4.69, 9.17) is 9.84 Å². The van der Waals surface area contributed by atoms with Crippen molar-refractivity contribution >= 4 is 0 Å². The molecule has 0 radical (unpaired) electrons. The second kappa shape index (κ2) is 8.14. The van der Waals surface area contributed by atoms with Gasteiger partial charge in [-0.3, -0.25) is 4.90 Å². The third-order valence-electron chi connectivity index (χ3n) is 3.45. The normalized spacial score (nSPS) is 19.7. The molecule has 1 unspecified atom stereocenters. The van der Waals surface area contributed by atoms with Gasteiger partial charge in [-0.2, -0.15) is 0 Å². The molecule has 0 saturated carbocycles. The van der Waals surface area contributed by atoms with E-state index in [0.717, 1.165) is 26.1 Å².